The maximum absolute atomic E-state index is 14.3. The van der Waals surface area contributed by atoms with Crippen LogP contribution >= 0.6 is 11.8 Å². The van der Waals surface area contributed by atoms with E-state index in [0.717, 1.165) is 33.6 Å². The molecular formula is C28H29N3O2S. The zero-order valence-electron chi connectivity index (χ0n) is 20.0. The standard InChI is InChI=1S/C28H29N3O2S/c1-19-10-13-22(14-11-19)29-26(33)31-18-27(3,4)34-28(31)23-16-20(2)12-15-24(23)30(25(28)32)17-21-8-6-5-7-9-21/h5-16H,17-18H2,1-4H3,(H,29,33). The van der Waals surface area contributed by atoms with Crippen LogP contribution in [-0.4, -0.2) is 28.1 Å². The minimum atomic E-state index is -1.10. The fraction of sp³-hybridized carbons (Fsp3) is 0.286. The normalized spacial score (nSPS) is 20.6. The third kappa shape index (κ3) is 3.76. The van der Waals surface area contributed by atoms with Crippen LogP contribution in [0.2, 0.25) is 0 Å². The van der Waals surface area contributed by atoms with Gasteiger partial charge in [0.2, 0.25) is 0 Å². The Labute approximate surface area is 205 Å². The molecule has 6 heteroatoms. The minimum Gasteiger partial charge on any atom is -0.308 e. The molecule has 0 saturated carbocycles. The molecule has 174 valence electrons. The summed E-state index contributed by atoms with van der Waals surface area (Å²) in [5.74, 6) is -0.0633. The number of nitrogens with one attached hydrogen (secondary N) is 1. The SMILES string of the molecule is Cc1ccc(NC(=O)N2CC(C)(C)SC23C(=O)N(Cc2ccccc2)c2ccc(C)cc23)cc1. The predicted molar refractivity (Wildman–Crippen MR) is 139 cm³/mol. The summed E-state index contributed by atoms with van der Waals surface area (Å²) in [5.41, 5.74) is 5.73. The number of carbonyl (C=O) groups excluding carboxylic acids is 2. The van der Waals surface area contributed by atoms with Crippen LogP contribution in [0.4, 0.5) is 16.2 Å². The van der Waals surface area contributed by atoms with Crippen LogP contribution in [0.3, 0.4) is 0 Å². The molecule has 1 spiro atoms. The summed E-state index contributed by atoms with van der Waals surface area (Å²) in [4.78, 5) is 30.4. The van der Waals surface area contributed by atoms with Gasteiger partial charge in [-0.1, -0.05) is 65.7 Å². The molecule has 5 rings (SSSR count). The summed E-state index contributed by atoms with van der Waals surface area (Å²) in [6.07, 6.45) is 0. The first kappa shape index (κ1) is 22.5. The van der Waals surface area contributed by atoms with Crippen LogP contribution in [0.25, 0.3) is 0 Å². The summed E-state index contributed by atoms with van der Waals surface area (Å²) in [6, 6.07) is 23.6. The number of rotatable bonds is 3. The molecule has 3 aromatic rings. The molecule has 34 heavy (non-hydrogen) atoms. The maximum atomic E-state index is 14.3. The number of carbonyl (C=O) groups is 2. The highest BCUT2D eigenvalue weighted by Gasteiger charge is 2.63. The number of nitrogens with zero attached hydrogens (tertiary/aromatic N) is 2. The third-order valence-electron chi connectivity index (χ3n) is 6.42. The lowest BCUT2D eigenvalue weighted by molar-refractivity contribution is -0.123. The third-order valence-corrected chi connectivity index (χ3v) is 8.01. The van der Waals surface area contributed by atoms with Crippen molar-refractivity contribution in [1.29, 1.82) is 0 Å². The van der Waals surface area contributed by atoms with Crippen molar-refractivity contribution in [2.45, 2.75) is 43.9 Å². The topological polar surface area (TPSA) is 52.7 Å². The largest absolute Gasteiger partial charge is 0.323 e. The smallest absolute Gasteiger partial charge is 0.308 e. The lowest BCUT2D eigenvalue weighted by atomic mass is 10.0. The van der Waals surface area contributed by atoms with E-state index in [1.165, 1.54) is 0 Å². The van der Waals surface area contributed by atoms with Gasteiger partial charge in [-0.25, -0.2) is 4.79 Å². The fourth-order valence-electron chi connectivity index (χ4n) is 4.87. The van der Waals surface area contributed by atoms with E-state index >= 15 is 0 Å². The molecule has 0 radical (unpaired) electrons. The van der Waals surface area contributed by atoms with Gasteiger partial charge in [0.25, 0.3) is 5.91 Å². The van der Waals surface area contributed by atoms with Crippen LogP contribution in [-0.2, 0) is 16.2 Å². The van der Waals surface area contributed by atoms with Crippen LogP contribution < -0.4 is 10.2 Å². The first-order valence-corrected chi connectivity index (χ1v) is 12.3. The number of amides is 3. The van der Waals surface area contributed by atoms with Crippen molar-refractivity contribution in [2.75, 3.05) is 16.8 Å². The highest BCUT2D eigenvalue weighted by atomic mass is 32.2. The van der Waals surface area contributed by atoms with E-state index in [0.29, 0.717) is 13.1 Å². The van der Waals surface area contributed by atoms with Gasteiger partial charge in [0, 0.05) is 22.5 Å². The van der Waals surface area contributed by atoms with Crippen molar-refractivity contribution in [3.63, 3.8) is 0 Å². The van der Waals surface area contributed by atoms with Crippen molar-refractivity contribution in [1.82, 2.24) is 4.90 Å². The zero-order chi connectivity index (χ0) is 24.1. The Morgan fingerprint density at radius 1 is 0.971 bits per heavy atom. The van der Waals surface area contributed by atoms with Crippen LogP contribution in [0.15, 0.2) is 72.8 Å². The second kappa shape index (κ2) is 8.20. The van der Waals surface area contributed by atoms with E-state index in [1.807, 2.05) is 85.5 Å². The van der Waals surface area contributed by atoms with Crippen molar-refractivity contribution in [2.24, 2.45) is 0 Å². The Kier molecular flexibility index (Phi) is 5.44. The average molecular weight is 472 g/mol. The number of aryl methyl sites for hydroxylation is 2. The molecule has 1 fully saturated rings. The highest BCUT2D eigenvalue weighted by molar-refractivity contribution is 8.02. The number of fused-ring (bicyclic) bond motifs is 2. The highest BCUT2D eigenvalue weighted by Crippen LogP contribution is 2.60. The molecule has 0 aromatic heterocycles. The molecule has 3 amide bonds. The lowest BCUT2D eigenvalue weighted by Crippen LogP contribution is -2.51. The lowest BCUT2D eigenvalue weighted by Gasteiger charge is -2.33. The molecule has 5 nitrogen and oxygen atoms in total. The van der Waals surface area contributed by atoms with Crippen LogP contribution in [0.1, 0.15) is 36.1 Å². The Bertz CT molecular complexity index is 1260. The predicted octanol–water partition coefficient (Wildman–Crippen LogP) is 6.06. The molecule has 2 heterocycles. The van der Waals surface area contributed by atoms with Gasteiger partial charge < -0.3 is 10.2 Å². The summed E-state index contributed by atoms with van der Waals surface area (Å²) in [5, 5.41) is 3.03. The van der Waals surface area contributed by atoms with Gasteiger partial charge in [-0.15, -0.1) is 11.8 Å². The Balaban J connectivity index is 1.58. The van der Waals surface area contributed by atoms with E-state index in [-0.39, 0.29) is 16.7 Å². The van der Waals surface area contributed by atoms with E-state index in [9.17, 15) is 9.59 Å². The molecule has 1 unspecified atom stereocenters. The molecule has 2 aliphatic rings. The van der Waals surface area contributed by atoms with Crippen molar-refractivity contribution < 1.29 is 9.59 Å². The van der Waals surface area contributed by atoms with Gasteiger partial charge in [-0.05, 0) is 51.5 Å². The molecule has 1 N–H and O–H groups in total. The molecule has 0 aliphatic carbocycles. The molecule has 1 atom stereocenters. The molecule has 3 aromatic carbocycles. The molecule has 1 saturated heterocycles. The maximum Gasteiger partial charge on any atom is 0.323 e. The van der Waals surface area contributed by atoms with E-state index in [2.05, 4.69) is 25.2 Å². The summed E-state index contributed by atoms with van der Waals surface area (Å²) >= 11 is 1.57. The van der Waals surface area contributed by atoms with Crippen molar-refractivity contribution in [3.05, 3.63) is 95.1 Å². The fourth-order valence-corrected chi connectivity index (χ4v) is 6.59. The van der Waals surface area contributed by atoms with Gasteiger partial charge in [0.05, 0.1) is 12.2 Å². The van der Waals surface area contributed by atoms with Crippen molar-refractivity contribution >= 4 is 35.1 Å². The second-order valence-corrected chi connectivity index (χ2v) is 11.7. The molecule has 2 aliphatic heterocycles. The quantitative estimate of drug-likeness (QED) is 0.505. The van der Waals surface area contributed by atoms with E-state index in [4.69, 9.17) is 0 Å². The number of hydrogen-bond acceptors (Lipinski definition) is 3. The Hall–Kier alpha value is -3.25. The first-order valence-electron chi connectivity index (χ1n) is 11.5. The van der Waals surface area contributed by atoms with Gasteiger partial charge in [-0.2, -0.15) is 0 Å². The molecule has 0 bridgehead atoms. The number of hydrogen-bond donors (Lipinski definition) is 1. The van der Waals surface area contributed by atoms with Gasteiger partial charge in [-0.3, -0.25) is 9.69 Å². The van der Waals surface area contributed by atoms with Crippen molar-refractivity contribution in [3.8, 4) is 0 Å². The number of urea groups is 1. The molecular weight excluding hydrogens is 442 g/mol. The number of thioether (sulfide) groups is 1. The van der Waals surface area contributed by atoms with Crippen LogP contribution in [0.5, 0.6) is 0 Å². The van der Waals surface area contributed by atoms with Gasteiger partial charge in [0.1, 0.15) is 0 Å². The van der Waals surface area contributed by atoms with Crippen LogP contribution in [0, 0.1) is 13.8 Å². The van der Waals surface area contributed by atoms with E-state index in [1.54, 1.807) is 16.7 Å². The zero-order valence-corrected chi connectivity index (χ0v) is 20.8. The summed E-state index contributed by atoms with van der Waals surface area (Å²) in [6.45, 7) is 9.17. The van der Waals surface area contributed by atoms with E-state index < -0.39 is 4.87 Å². The van der Waals surface area contributed by atoms with Gasteiger partial charge >= 0.3 is 6.03 Å². The number of benzene rings is 3. The number of anilines is 2. The first-order chi connectivity index (χ1) is 16.2. The Morgan fingerprint density at radius 3 is 2.35 bits per heavy atom. The summed E-state index contributed by atoms with van der Waals surface area (Å²) in [7, 11) is 0. The minimum absolute atomic E-state index is 0.0633. The average Bonchev–Trinajstić information content (AvgIpc) is 3.22. The second-order valence-electron chi connectivity index (χ2n) is 9.79. The van der Waals surface area contributed by atoms with Gasteiger partial charge in [0.15, 0.2) is 4.87 Å². The monoisotopic (exact) mass is 471 g/mol. The Morgan fingerprint density at radius 2 is 1.65 bits per heavy atom. The summed E-state index contributed by atoms with van der Waals surface area (Å²) < 4.78 is -0.288.